The third-order valence-electron chi connectivity index (χ3n) is 5.44. The van der Waals surface area contributed by atoms with Gasteiger partial charge in [0.25, 0.3) is 5.91 Å². The van der Waals surface area contributed by atoms with Crippen LogP contribution in [0.5, 0.6) is 5.75 Å². The van der Waals surface area contributed by atoms with Gasteiger partial charge in [-0.3, -0.25) is 4.79 Å². The van der Waals surface area contributed by atoms with Crippen LogP contribution in [0.2, 0.25) is 0 Å². The molecule has 0 spiro atoms. The number of benzene rings is 2. The summed E-state index contributed by atoms with van der Waals surface area (Å²) in [5.41, 5.74) is 1.56. The summed E-state index contributed by atoms with van der Waals surface area (Å²) in [4.78, 5) is 16.3. The molecule has 164 valence electrons. The number of hydrogen-bond acceptors (Lipinski definition) is 5. The molecule has 31 heavy (non-hydrogen) atoms. The van der Waals surface area contributed by atoms with Crippen LogP contribution < -0.4 is 15.4 Å². The summed E-state index contributed by atoms with van der Waals surface area (Å²) in [5.74, 6) is 0.576. The molecule has 4 rings (SSSR count). The molecule has 0 atom stereocenters. The Morgan fingerprint density at radius 3 is 2.39 bits per heavy atom. The van der Waals surface area contributed by atoms with E-state index in [2.05, 4.69) is 15.6 Å². The first-order valence-electron chi connectivity index (χ1n) is 10.0. The summed E-state index contributed by atoms with van der Waals surface area (Å²) in [7, 11) is 1.58. The standard InChI is InChI=1S/C22H22F3N3O2S/c1-30-16-11-5-13(6-12-16)20(29)27-15-9-7-14(8-10-15)26-17-3-2-4-18-19(17)28-21(31-18)22(23,24)25/h2-6,11-12,14-15,26H,7-10H2,1H3,(H,27,29). The van der Waals surface area contributed by atoms with Crippen molar-refractivity contribution in [3.05, 3.63) is 53.0 Å². The number of halogens is 3. The summed E-state index contributed by atoms with van der Waals surface area (Å²) in [6.07, 6.45) is -1.25. The van der Waals surface area contributed by atoms with Crippen LogP contribution in [0.1, 0.15) is 41.0 Å². The largest absolute Gasteiger partial charge is 0.497 e. The number of anilines is 1. The number of ether oxygens (including phenoxy) is 1. The Morgan fingerprint density at radius 1 is 1.06 bits per heavy atom. The molecule has 1 saturated carbocycles. The Morgan fingerprint density at radius 2 is 1.74 bits per heavy atom. The van der Waals surface area contributed by atoms with Crippen molar-refractivity contribution in [2.75, 3.05) is 12.4 Å². The third-order valence-corrected chi connectivity index (χ3v) is 6.50. The number of methoxy groups -OCH3 is 1. The molecule has 3 aromatic rings. The zero-order chi connectivity index (χ0) is 22.0. The second-order valence-corrected chi connectivity index (χ2v) is 8.59. The number of para-hydroxylation sites is 1. The molecule has 2 aromatic carbocycles. The number of carbonyl (C=O) groups excluding carboxylic acids is 1. The Labute approximate surface area is 181 Å². The zero-order valence-electron chi connectivity index (χ0n) is 16.8. The fraction of sp³-hybridized carbons (Fsp3) is 0.364. The molecule has 0 aliphatic heterocycles. The highest BCUT2D eigenvalue weighted by molar-refractivity contribution is 7.18. The highest BCUT2D eigenvalue weighted by atomic mass is 32.1. The van der Waals surface area contributed by atoms with Gasteiger partial charge in [-0.15, -0.1) is 11.3 Å². The molecule has 1 aliphatic rings. The summed E-state index contributed by atoms with van der Waals surface area (Å²) in [6, 6.07) is 12.3. The van der Waals surface area contributed by atoms with Gasteiger partial charge in [0.2, 0.25) is 0 Å². The van der Waals surface area contributed by atoms with E-state index in [1.807, 2.05) is 0 Å². The molecule has 0 bridgehead atoms. The van der Waals surface area contributed by atoms with Gasteiger partial charge >= 0.3 is 6.18 Å². The normalized spacial score (nSPS) is 19.2. The van der Waals surface area contributed by atoms with Crippen LogP contribution in [0.15, 0.2) is 42.5 Å². The van der Waals surface area contributed by atoms with Crippen molar-refractivity contribution in [1.29, 1.82) is 0 Å². The van der Waals surface area contributed by atoms with Crippen LogP contribution in [0, 0.1) is 0 Å². The highest BCUT2D eigenvalue weighted by Gasteiger charge is 2.35. The van der Waals surface area contributed by atoms with E-state index in [0.717, 1.165) is 25.7 Å². The van der Waals surface area contributed by atoms with E-state index in [9.17, 15) is 18.0 Å². The Balaban J connectivity index is 1.35. The van der Waals surface area contributed by atoms with Crippen molar-refractivity contribution in [3.8, 4) is 5.75 Å². The molecule has 1 aliphatic carbocycles. The molecule has 0 saturated heterocycles. The molecule has 0 radical (unpaired) electrons. The number of thiazole rings is 1. The van der Waals surface area contributed by atoms with Crippen molar-refractivity contribution < 1.29 is 22.7 Å². The molecule has 0 unspecified atom stereocenters. The van der Waals surface area contributed by atoms with Crippen LogP contribution in [-0.4, -0.2) is 30.1 Å². The molecule has 1 fully saturated rings. The van der Waals surface area contributed by atoms with Gasteiger partial charge in [-0.25, -0.2) is 4.98 Å². The number of amides is 1. The monoisotopic (exact) mass is 449 g/mol. The summed E-state index contributed by atoms with van der Waals surface area (Å²) < 4.78 is 44.7. The van der Waals surface area contributed by atoms with Gasteiger partial charge in [0.05, 0.1) is 17.5 Å². The van der Waals surface area contributed by atoms with Crippen molar-refractivity contribution in [1.82, 2.24) is 10.3 Å². The van der Waals surface area contributed by atoms with Crippen LogP contribution in [0.3, 0.4) is 0 Å². The van der Waals surface area contributed by atoms with Crippen LogP contribution >= 0.6 is 11.3 Å². The Kier molecular flexibility index (Phi) is 6.04. The minimum Gasteiger partial charge on any atom is -0.497 e. The summed E-state index contributed by atoms with van der Waals surface area (Å²) in [5, 5.41) is 5.59. The van der Waals surface area contributed by atoms with Crippen LogP contribution in [0.25, 0.3) is 10.2 Å². The average Bonchev–Trinajstić information content (AvgIpc) is 3.21. The predicted molar refractivity (Wildman–Crippen MR) is 115 cm³/mol. The first kappa shape index (κ1) is 21.4. The molecular formula is C22H22F3N3O2S. The van der Waals surface area contributed by atoms with Crippen LogP contribution in [-0.2, 0) is 6.18 Å². The van der Waals surface area contributed by atoms with E-state index in [-0.39, 0.29) is 18.0 Å². The number of nitrogens with one attached hydrogen (secondary N) is 2. The minimum absolute atomic E-state index is 0.0690. The summed E-state index contributed by atoms with van der Waals surface area (Å²) >= 11 is 0.656. The number of nitrogens with zero attached hydrogens (tertiary/aromatic N) is 1. The van der Waals surface area contributed by atoms with E-state index in [0.29, 0.717) is 38.6 Å². The maximum Gasteiger partial charge on any atom is 0.443 e. The predicted octanol–water partition coefficient (Wildman–Crippen LogP) is 5.48. The second kappa shape index (κ2) is 8.74. The van der Waals surface area contributed by atoms with Crippen molar-refractivity contribution in [3.63, 3.8) is 0 Å². The van der Waals surface area contributed by atoms with E-state index >= 15 is 0 Å². The lowest BCUT2D eigenvalue weighted by Crippen LogP contribution is -2.40. The maximum absolute atomic E-state index is 13.0. The average molecular weight is 449 g/mol. The highest BCUT2D eigenvalue weighted by Crippen LogP contribution is 2.38. The lowest BCUT2D eigenvalue weighted by Gasteiger charge is -2.30. The minimum atomic E-state index is -4.44. The van der Waals surface area contributed by atoms with Gasteiger partial charge in [-0.05, 0) is 62.1 Å². The lowest BCUT2D eigenvalue weighted by molar-refractivity contribution is -0.137. The van der Waals surface area contributed by atoms with E-state index in [1.54, 1.807) is 49.6 Å². The molecule has 2 N–H and O–H groups in total. The van der Waals surface area contributed by atoms with Gasteiger partial charge in [0.15, 0.2) is 5.01 Å². The number of aromatic nitrogens is 1. The van der Waals surface area contributed by atoms with Gasteiger partial charge in [0.1, 0.15) is 11.3 Å². The first-order chi connectivity index (χ1) is 14.8. The SMILES string of the molecule is COc1ccc(C(=O)NC2CCC(Nc3cccc4sc(C(F)(F)F)nc34)CC2)cc1. The van der Waals surface area contributed by atoms with Gasteiger partial charge in [0, 0.05) is 17.6 Å². The third kappa shape index (κ3) is 4.92. The molecular weight excluding hydrogens is 427 g/mol. The molecule has 1 heterocycles. The zero-order valence-corrected chi connectivity index (χ0v) is 17.6. The Hall–Kier alpha value is -2.81. The topological polar surface area (TPSA) is 63.2 Å². The van der Waals surface area contributed by atoms with Crippen molar-refractivity contribution in [2.45, 2.75) is 43.9 Å². The molecule has 1 aromatic heterocycles. The van der Waals surface area contributed by atoms with Gasteiger partial charge in [-0.2, -0.15) is 13.2 Å². The first-order valence-corrected chi connectivity index (χ1v) is 10.8. The number of alkyl halides is 3. The molecule has 1 amide bonds. The summed E-state index contributed by atoms with van der Waals surface area (Å²) in [6.45, 7) is 0. The molecule has 9 heteroatoms. The fourth-order valence-corrected chi connectivity index (χ4v) is 4.66. The number of hydrogen-bond donors (Lipinski definition) is 2. The number of rotatable bonds is 5. The van der Waals surface area contributed by atoms with Gasteiger partial charge < -0.3 is 15.4 Å². The smallest absolute Gasteiger partial charge is 0.443 e. The number of carbonyl (C=O) groups is 1. The lowest BCUT2D eigenvalue weighted by atomic mass is 9.90. The van der Waals surface area contributed by atoms with Crippen LogP contribution in [0.4, 0.5) is 18.9 Å². The van der Waals surface area contributed by atoms with E-state index < -0.39 is 11.2 Å². The second-order valence-electron chi connectivity index (χ2n) is 7.56. The van der Waals surface area contributed by atoms with Gasteiger partial charge in [-0.1, -0.05) is 6.07 Å². The quantitative estimate of drug-likeness (QED) is 0.542. The molecule has 5 nitrogen and oxygen atoms in total. The van der Waals surface area contributed by atoms with E-state index in [1.165, 1.54) is 0 Å². The maximum atomic E-state index is 13.0. The number of fused-ring (bicyclic) bond motifs is 1. The Bertz CT molecular complexity index is 1060. The van der Waals surface area contributed by atoms with Crippen molar-refractivity contribution >= 4 is 33.1 Å². The van der Waals surface area contributed by atoms with E-state index in [4.69, 9.17) is 4.74 Å². The van der Waals surface area contributed by atoms with Crippen molar-refractivity contribution in [2.24, 2.45) is 0 Å². The fourth-order valence-electron chi connectivity index (χ4n) is 3.80.